The Balaban J connectivity index is 1.88. The largest absolute Gasteiger partial charge is 0.497 e. The standard InChI is InChI=1S/C13H18FNO2S/c1-17-12-3-2-10(13(14)8-12)9-15-11-4-6-18(16)7-5-11/h2-3,8,11,15H,4-7,9H2,1H3. The maximum absolute atomic E-state index is 13.7. The van der Waals surface area contributed by atoms with Crippen molar-refractivity contribution in [1.29, 1.82) is 0 Å². The van der Waals surface area contributed by atoms with Crippen LogP contribution in [0, 0.1) is 5.82 Å². The zero-order chi connectivity index (χ0) is 13.0. The van der Waals surface area contributed by atoms with E-state index in [0.29, 0.717) is 23.9 Å². The molecule has 0 aliphatic carbocycles. The van der Waals surface area contributed by atoms with Gasteiger partial charge in [-0.25, -0.2) is 4.39 Å². The molecule has 1 aliphatic heterocycles. The zero-order valence-corrected chi connectivity index (χ0v) is 11.3. The molecule has 0 bridgehead atoms. The molecule has 3 nitrogen and oxygen atoms in total. The second-order valence-corrected chi connectivity index (χ2v) is 6.16. The molecule has 1 aromatic carbocycles. The molecule has 5 heteroatoms. The summed E-state index contributed by atoms with van der Waals surface area (Å²) in [6, 6.07) is 5.25. The first-order valence-electron chi connectivity index (χ1n) is 6.10. The van der Waals surface area contributed by atoms with Gasteiger partial charge in [0.05, 0.1) is 7.11 Å². The third-order valence-electron chi connectivity index (χ3n) is 3.23. The summed E-state index contributed by atoms with van der Waals surface area (Å²) in [5.74, 6) is 1.79. The average molecular weight is 271 g/mol. The minimum absolute atomic E-state index is 0.249. The molecule has 18 heavy (non-hydrogen) atoms. The van der Waals surface area contributed by atoms with E-state index in [2.05, 4.69) is 5.32 Å². The number of nitrogens with one attached hydrogen (secondary N) is 1. The van der Waals surface area contributed by atoms with Gasteiger partial charge in [-0.2, -0.15) is 0 Å². The van der Waals surface area contributed by atoms with Gasteiger partial charge in [0.2, 0.25) is 0 Å². The van der Waals surface area contributed by atoms with Crippen molar-refractivity contribution in [2.75, 3.05) is 18.6 Å². The number of methoxy groups -OCH3 is 1. The molecule has 0 amide bonds. The predicted octanol–water partition coefficient (Wildman–Crippen LogP) is 1.84. The highest BCUT2D eigenvalue weighted by molar-refractivity contribution is 7.85. The van der Waals surface area contributed by atoms with E-state index in [4.69, 9.17) is 4.74 Å². The molecule has 1 heterocycles. The molecule has 0 spiro atoms. The Morgan fingerprint density at radius 3 is 2.78 bits per heavy atom. The van der Waals surface area contributed by atoms with E-state index in [1.54, 1.807) is 12.1 Å². The number of benzene rings is 1. The SMILES string of the molecule is COc1ccc(CNC2CCS(=O)CC2)c(F)c1. The molecule has 0 saturated carbocycles. The molecular weight excluding hydrogens is 253 g/mol. The van der Waals surface area contributed by atoms with Crippen molar-refractivity contribution in [1.82, 2.24) is 5.32 Å². The molecule has 2 rings (SSSR count). The minimum Gasteiger partial charge on any atom is -0.497 e. The lowest BCUT2D eigenvalue weighted by Gasteiger charge is -2.22. The summed E-state index contributed by atoms with van der Waals surface area (Å²) in [4.78, 5) is 0. The minimum atomic E-state index is -0.648. The van der Waals surface area contributed by atoms with Crippen molar-refractivity contribution in [3.63, 3.8) is 0 Å². The van der Waals surface area contributed by atoms with Crippen LogP contribution in [0.2, 0.25) is 0 Å². The summed E-state index contributed by atoms with van der Waals surface area (Å²) in [7, 11) is 0.874. The van der Waals surface area contributed by atoms with Crippen LogP contribution in [0.3, 0.4) is 0 Å². The molecule has 100 valence electrons. The van der Waals surface area contributed by atoms with Gasteiger partial charge in [0.15, 0.2) is 0 Å². The van der Waals surface area contributed by atoms with Crippen LogP contribution in [0.25, 0.3) is 0 Å². The van der Waals surface area contributed by atoms with Gasteiger partial charge in [0, 0.05) is 46.5 Å². The van der Waals surface area contributed by atoms with Crippen LogP contribution in [0.5, 0.6) is 5.75 Å². The number of hydrogen-bond donors (Lipinski definition) is 1. The van der Waals surface area contributed by atoms with Crippen LogP contribution in [0.4, 0.5) is 4.39 Å². The Morgan fingerprint density at radius 1 is 1.44 bits per heavy atom. The van der Waals surface area contributed by atoms with E-state index < -0.39 is 10.8 Å². The van der Waals surface area contributed by atoms with E-state index >= 15 is 0 Å². The van der Waals surface area contributed by atoms with Crippen molar-refractivity contribution in [2.24, 2.45) is 0 Å². The maximum atomic E-state index is 13.7. The van der Waals surface area contributed by atoms with Gasteiger partial charge in [-0.1, -0.05) is 6.07 Å². The zero-order valence-electron chi connectivity index (χ0n) is 10.4. The Labute approximate surface area is 109 Å². The molecule has 1 aromatic rings. The lowest BCUT2D eigenvalue weighted by atomic mass is 10.1. The lowest BCUT2D eigenvalue weighted by molar-refractivity contribution is 0.409. The van der Waals surface area contributed by atoms with Crippen LogP contribution in [0.15, 0.2) is 18.2 Å². The number of hydrogen-bond acceptors (Lipinski definition) is 3. The Hall–Kier alpha value is -0.940. The summed E-state index contributed by atoms with van der Waals surface area (Å²) < 4.78 is 29.9. The van der Waals surface area contributed by atoms with Crippen molar-refractivity contribution < 1.29 is 13.3 Å². The second-order valence-electron chi connectivity index (χ2n) is 4.46. The molecular formula is C13H18FNO2S. The first-order valence-corrected chi connectivity index (χ1v) is 7.58. The first-order chi connectivity index (χ1) is 8.69. The molecule has 1 fully saturated rings. The van der Waals surface area contributed by atoms with Crippen LogP contribution < -0.4 is 10.1 Å². The summed E-state index contributed by atoms with van der Waals surface area (Å²) in [5.41, 5.74) is 0.641. The summed E-state index contributed by atoms with van der Waals surface area (Å²) >= 11 is 0. The van der Waals surface area contributed by atoms with Gasteiger partial charge in [-0.3, -0.25) is 4.21 Å². The van der Waals surface area contributed by atoms with E-state index in [-0.39, 0.29) is 5.82 Å². The predicted molar refractivity (Wildman–Crippen MR) is 70.7 cm³/mol. The number of rotatable bonds is 4. The quantitative estimate of drug-likeness (QED) is 0.908. The summed E-state index contributed by atoms with van der Waals surface area (Å²) in [6.45, 7) is 0.507. The van der Waals surface area contributed by atoms with Gasteiger partial charge in [0.25, 0.3) is 0 Å². The summed E-state index contributed by atoms with van der Waals surface area (Å²) in [5, 5.41) is 3.32. The van der Waals surface area contributed by atoms with Crippen molar-refractivity contribution in [3.05, 3.63) is 29.6 Å². The molecule has 0 aromatic heterocycles. The number of ether oxygens (including phenoxy) is 1. The van der Waals surface area contributed by atoms with Crippen LogP contribution in [0.1, 0.15) is 18.4 Å². The third-order valence-corrected chi connectivity index (χ3v) is 4.61. The highest BCUT2D eigenvalue weighted by atomic mass is 32.2. The fourth-order valence-corrected chi connectivity index (χ4v) is 3.35. The summed E-state index contributed by atoms with van der Waals surface area (Å²) in [6.07, 6.45) is 1.81. The Morgan fingerprint density at radius 2 is 2.17 bits per heavy atom. The van der Waals surface area contributed by atoms with Gasteiger partial charge in [0.1, 0.15) is 11.6 Å². The van der Waals surface area contributed by atoms with Gasteiger partial charge >= 0.3 is 0 Å². The van der Waals surface area contributed by atoms with Crippen molar-refractivity contribution >= 4 is 10.8 Å². The molecule has 1 saturated heterocycles. The normalized spacial score (nSPS) is 23.9. The first kappa shape index (κ1) is 13.5. The lowest BCUT2D eigenvalue weighted by Crippen LogP contribution is -2.35. The molecule has 1 N–H and O–H groups in total. The van der Waals surface area contributed by atoms with Gasteiger partial charge in [-0.05, 0) is 18.9 Å². The fourth-order valence-electron chi connectivity index (χ4n) is 2.05. The Bertz CT molecular complexity index is 429. The van der Waals surface area contributed by atoms with E-state index in [9.17, 15) is 8.60 Å². The van der Waals surface area contributed by atoms with Crippen LogP contribution in [-0.4, -0.2) is 28.9 Å². The molecule has 0 radical (unpaired) electrons. The van der Waals surface area contributed by atoms with Crippen LogP contribution in [-0.2, 0) is 17.3 Å². The maximum Gasteiger partial charge on any atom is 0.131 e. The van der Waals surface area contributed by atoms with Gasteiger partial charge < -0.3 is 10.1 Å². The van der Waals surface area contributed by atoms with E-state index in [0.717, 1.165) is 24.3 Å². The highest BCUT2D eigenvalue weighted by Gasteiger charge is 2.17. The third kappa shape index (κ3) is 3.53. The highest BCUT2D eigenvalue weighted by Crippen LogP contribution is 2.17. The topological polar surface area (TPSA) is 38.3 Å². The molecule has 0 unspecified atom stereocenters. The second kappa shape index (κ2) is 6.29. The van der Waals surface area contributed by atoms with Crippen molar-refractivity contribution in [2.45, 2.75) is 25.4 Å². The molecule has 0 atom stereocenters. The Kier molecular flexibility index (Phi) is 4.72. The van der Waals surface area contributed by atoms with E-state index in [1.807, 2.05) is 0 Å². The van der Waals surface area contributed by atoms with Crippen molar-refractivity contribution in [3.8, 4) is 5.75 Å². The number of halogens is 1. The monoisotopic (exact) mass is 271 g/mol. The fraction of sp³-hybridized carbons (Fsp3) is 0.538. The average Bonchev–Trinajstić information content (AvgIpc) is 2.39. The van der Waals surface area contributed by atoms with Gasteiger partial charge in [-0.15, -0.1) is 0 Å². The van der Waals surface area contributed by atoms with E-state index in [1.165, 1.54) is 13.2 Å². The van der Waals surface area contributed by atoms with Crippen LogP contribution >= 0.6 is 0 Å². The smallest absolute Gasteiger partial charge is 0.131 e. The molecule has 1 aliphatic rings.